The van der Waals surface area contributed by atoms with Crippen LogP contribution in [0.15, 0.2) is 48.5 Å². The van der Waals surface area contributed by atoms with E-state index in [-0.39, 0.29) is 17.9 Å². The Morgan fingerprint density at radius 1 is 1.07 bits per heavy atom. The Morgan fingerprint density at radius 2 is 1.74 bits per heavy atom. The number of hydrogen-bond acceptors (Lipinski definition) is 3. The molecule has 2 rings (SSSR count). The van der Waals surface area contributed by atoms with Gasteiger partial charge in [0.25, 0.3) is 0 Å². The van der Waals surface area contributed by atoms with E-state index in [2.05, 4.69) is 25.2 Å². The zero-order chi connectivity index (χ0) is 20.2. The first-order valence-electron chi connectivity index (χ1n) is 8.88. The highest BCUT2D eigenvalue weighted by Gasteiger charge is 2.25. The van der Waals surface area contributed by atoms with Crippen LogP contribution in [0.25, 0.3) is 0 Å². The van der Waals surface area contributed by atoms with Crippen LogP contribution in [-0.4, -0.2) is 33.7 Å². The van der Waals surface area contributed by atoms with Crippen molar-refractivity contribution in [3.63, 3.8) is 0 Å². The minimum atomic E-state index is -3.57. The second-order valence-electron chi connectivity index (χ2n) is 7.59. The van der Waals surface area contributed by atoms with E-state index in [4.69, 9.17) is 0 Å². The molecule has 146 valence electrons. The molecular weight excluding hydrogens is 360 g/mol. The Balaban J connectivity index is 2.12. The molecule has 1 amide bonds. The maximum Gasteiger partial charge on any atom is 0.240 e. The van der Waals surface area contributed by atoms with Crippen LogP contribution < -0.4 is 9.62 Å². The molecule has 0 heterocycles. The van der Waals surface area contributed by atoms with Crippen molar-refractivity contribution >= 4 is 21.6 Å². The van der Waals surface area contributed by atoms with Crippen molar-refractivity contribution < 1.29 is 13.2 Å². The first-order chi connectivity index (χ1) is 12.5. The Bertz CT molecular complexity index is 921. The predicted molar refractivity (Wildman–Crippen MR) is 111 cm³/mol. The van der Waals surface area contributed by atoms with Crippen LogP contribution in [0.2, 0.25) is 0 Å². The van der Waals surface area contributed by atoms with Gasteiger partial charge in [-0.1, -0.05) is 61.9 Å². The highest BCUT2D eigenvalue weighted by molar-refractivity contribution is 7.92. The first kappa shape index (κ1) is 21.0. The van der Waals surface area contributed by atoms with Gasteiger partial charge in [0.1, 0.15) is 6.54 Å². The minimum absolute atomic E-state index is 0.242. The van der Waals surface area contributed by atoms with Crippen molar-refractivity contribution in [3.05, 3.63) is 65.2 Å². The molecule has 0 bridgehead atoms. The fraction of sp³-hybridized carbons (Fsp3) is 0.381. The summed E-state index contributed by atoms with van der Waals surface area (Å²) in [5, 5.41) is 2.89. The number of amides is 1. The van der Waals surface area contributed by atoms with Crippen molar-refractivity contribution in [1.29, 1.82) is 0 Å². The van der Waals surface area contributed by atoms with E-state index >= 15 is 0 Å². The number of carbonyl (C=O) groups excluding carboxylic acids is 1. The Hall–Kier alpha value is -2.34. The molecule has 0 saturated heterocycles. The van der Waals surface area contributed by atoms with Crippen LogP contribution in [0.3, 0.4) is 0 Å². The summed E-state index contributed by atoms with van der Waals surface area (Å²) in [4.78, 5) is 12.5. The van der Waals surface area contributed by atoms with E-state index in [9.17, 15) is 13.2 Å². The Labute approximate surface area is 162 Å². The highest BCUT2D eigenvalue weighted by Crippen LogP contribution is 2.24. The maximum absolute atomic E-state index is 12.5. The van der Waals surface area contributed by atoms with Gasteiger partial charge in [0, 0.05) is 12.0 Å². The molecule has 27 heavy (non-hydrogen) atoms. The topological polar surface area (TPSA) is 66.5 Å². The minimum Gasteiger partial charge on any atom is -0.354 e. The molecule has 0 aliphatic carbocycles. The van der Waals surface area contributed by atoms with Crippen molar-refractivity contribution in [2.75, 3.05) is 23.7 Å². The summed E-state index contributed by atoms with van der Waals surface area (Å²) >= 11 is 0. The van der Waals surface area contributed by atoms with Crippen molar-refractivity contribution in [2.24, 2.45) is 0 Å². The van der Waals surface area contributed by atoms with Gasteiger partial charge in [-0.15, -0.1) is 0 Å². The number of para-hydroxylation sites is 1. The third-order valence-corrected chi connectivity index (χ3v) is 5.73. The van der Waals surface area contributed by atoms with Gasteiger partial charge in [0.15, 0.2) is 0 Å². The van der Waals surface area contributed by atoms with Crippen LogP contribution in [0.1, 0.15) is 30.5 Å². The van der Waals surface area contributed by atoms with Gasteiger partial charge in [-0.05, 0) is 31.0 Å². The molecule has 5 nitrogen and oxygen atoms in total. The van der Waals surface area contributed by atoms with Gasteiger partial charge >= 0.3 is 0 Å². The van der Waals surface area contributed by atoms with Crippen molar-refractivity contribution in [2.45, 2.75) is 33.1 Å². The summed E-state index contributed by atoms with van der Waals surface area (Å²) in [6.45, 7) is 8.14. The molecule has 2 aromatic carbocycles. The molecule has 0 aliphatic rings. The van der Waals surface area contributed by atoms with Gasteiger partial charge in [-0.25, -0.2) is 8.42 Å². The van der Waals surface area contributed by atoms with Crippen molar-refractivity contribution in [3.8, 4) is 0 Å². The monoisotopic (exact) mass is 388 g/mol. The number of aryl methyl sites for hydroxylation is 2. The number of carbonyl (C=O) groups is 1. The average Bonchev–Trinajstić information content (AvgIpc) is 2.58. The summed E-state index contributed by atoms with van der Waals surface area (Å²) in [5.74, 6) is -0.329. The van der Waals surface area contributed by atoms with Crippen LogP contribution in [-0.2, 0) is 20.2 Å². The van der Waals surface area contributed by atoms with Gasteiger partial charge in [0.05, 0.1) is 11.9 Å². The number of nitrogens with zero attached hydrogens (tertiary/aromatic N) is 1. The number of benzene rings is 2. The van der Waals surface area contributed by atoms with E-state index in [1.165, 1.54) is 0 Å². The highest BCUT2D eigenvalue weighted by atomic mass is 32.2. The lowest BCUT2D eigenvalue weighted by Gasteiger charge is -2.28. The SMILES string of the molecule is Cc1cccc(C(C)(C)CNC(=O)CN(c2ccccc2C)S(C)(=O)=O)c1. The Kier molecular flexibility index (Phi) is 6.31. The normalized spacial score (nSPS) is 11.9. The molecule has 0 fully saturated rings. The number of rotatable bonds is 7. The molecule has 0 radical (unpaired) electrons. The van der Waals surface area contributed by atoms with Gasteiger partial charge in [0.2, 0.25) is 15.9 Å². The third-order valence-electron chi connectivity index (χ3n) is 4.60. The number of nitrogens with one attached hydrogen (secondary N) is 1. The number of anilines is 1. The standard InChI is InChI=1S/C21H28N2O3S/c1-16-9-8-11-18(13-16)21(3,4)15-22-20(24)14-23(27(5,25)26)19-12-7-6-10-17(19)2/h6-13H,14-15H2,1-5H3,(H,22,24). The van der Waals surface area contributed by atoms with E-state index in [0.29, 0.717) is 12.2 Å². The van der Waals surface area contributed by atoms with Gasteiger partial charge in [-0.2, -0.15) is 0 Å². The molecule has 6 heteroatoms. The second-order valence-corrected chi connectivity index (χ2v) is 9.49. The molecule has 0 aromatic heterocycles. The quantitative estimate of drug-likeness (QED) is 0.792. The van der Waals surface area contributed by atoms with Crippen LogP contribution >= 0.6 is 0 Å². The molecule has 0 spiro atoms. The lowest BCUT2D eigenvalue weighted by Crippen LogP contribution is -2.44. The molecular formula is C21H28N2O3S. The number of hydrogen-bond donors (Lipinski definition) is 1. The Morgan fingerprint density at radius 3 is 2.33 bits per heavy atom. The second kappa shape index (κ2) is 8.13. The average molecular weight is 389 g/mol. The molecule has 0 unspecified atom stereocenters. The lowest BCUT2D eigenvalue weighted by atomic mass is 9.84. The van der Waals surface area contributed by atoms with E-state index in [1.807, 2.05) is 44.2 Å². The number of sulfonamides is 1. The molecule has 0 saturated carbocycles. The molecule has 0 atom stereocenters. The lowest BCUT2D eigenvalue weighted by molar-refractivity contribution is -0.119. The van der Waals surface area contributed by atoms with E-state index in [0.717, 1.165) is 27.3 Å². The summed E-state index contributed by atoms with van der Waals surface area (Å²) in [7, 11) is -3.57. The summed E-state index contributed by atoms with van der Waals surface area (Å²) in [5.41, 5.74) is 3.35. The summed E-state index contributed by atoms with van der Waals surface area (Å²) in [6.07, 6.45) is 1.11. The van der Waals surface area contributed by atoms with Crippen LogP contribution in [0.4, 0.5) is 5.69 Å². The maximum atomic E-state index is 12.5. The first-order valence-corrected chi connectivity index (χ1v) is 10.7. The van der Waals surface area contributed by atoms with Gasteiger partial charge < -0.3 is 5.32 Å². The zero-order valence-corrected chi connectivity index (χ0v) is 17.4. The fourth-order valence-electron chi connectivity index (χ4n) is 2.90. The summed E-state index contributed by atoms with van der Waals surface area (Å²) < 4.78 is 25.6. The molecule has 2 aromatic rings. The smallest absolute Gasteiger partial charge is 0.240 e. The molecule has 0 aliphatic heterocycles. The van der Waals surface area contributed by atoms with Crippen LogP contribution in [0.5, 0.6) is 0 Å². The van der Waals surface area contributed by atoms with Crippen molar-refractivity contribution in [1.82, 2.24) is 5.32 Å². The van der Waals surface area contributed by atoms with Gasteiger partial charge in [-0.3, -0.25) is 9.10 Å². The molecule has 1 N–H and O–H groups in total. The summed E-state index contributed by atoms with van der Waals surface area (Å²) in [6, 6.07) is 15.3. The predicted octanol–water partition coefficient (Wildman–Crippen LogP) is 3.16. The van der Waals surface area contributed by atoms with E-state index in [1.54, 1.807) is 12.1 Å². The zero-order valence-electron chi connectivity index (χ0n) is 16.6. The third kappa shape index (κ3) is 5.57. The fourth-order valence-corrected chi connectivity index (χ4v) is 3.81. The largest absolute Gasteiger partial charge is 0.354 e. The van der Waals surface area contributed by atoms with E-state index < -0.39 is 10.0 Å². The van der Waals surface area contributed by atoms with Crippen LogP contribution in [0, 0.1) is 13.8 Å².